The first kappa shape index (κ1) is 22.3. The van der Waals surface area contributed by atoms with E-state index in [9.17, 15) is 22.8 Å². The van der Waals surface area contributed by atoms with Gasteiger partial charge < -0.3 is 19.5 Å². The smallest absolute Gasteiger partial charge is 0.420 e. The van der Waals surface area contributed by atoms with Crippen molar-refractivity contribution in [2.75, 3.05) is 27.3 Å². The fourth-order valence-electron chi connectivity index (χ4n) is 2.96. The maximum Gasteiger partial charge on any atom is 0.420 e. The summed E-state index contributed by atoms with van der Waals surface area (Å²) in [7, 11) is 2.39. The number of fused-ring (bicyclic) bond motifs is 1. The molecule has 0 aliphatic rings. The number of carboxylic acids is 1. The molecule has 2 aromatic rings. The van der Waals surface area contributed by atoms with Crippen LogP contribution in [0.2, 0.25) is 0 Å². The van der Waals surface area contributed by atoms with Crippen molar-refractivity contribution in [2.24, 2.45) is 0 Å². The van der Waals surface area contributed by atoms with Gasteiger partial charge in [-0.25, -0.2) is 0 Å². The number of rotatable bonds is 8. The number of methoxy groups -OCH3 is 1. The molecule has 2 aromatic carbocycles. The molecule has 6 nitrogen and oxygen atoms in total. The third kappa shape index (κ3) is 4.90. The molecule has 0 saturated heterocycles. The van der Waals surface area contributed by atoms with E-state index in [1.807, 2.05) is 6.92 Å². The molecular formula is C20H22F3NO5. The Morgan fingerprint density at radius 2 is 1.72 bits per heavy atom. The van der Waals surface area contributed by atoms with E-state index in [1.54, 1.807) is 0 Å². The number of ether oxygens (including phenoxy) is 2. The van der Waals surface area contributed by atoms with E-state index in [4.69, 9.17) is 14.6 Å². The number of aliphatic carboxylic acids is 1. The molecule has 0 heterocycles. The maximum atomic E-state index is 13.7. The molecule has 0 bridgehead atoms. The van der Waals surface area contributed by atoms with Crippen LogP contribution in [0.15, 0.2) is 24.3 Å². The van der Waals surface area contributed by atoms with Crippen LogP contribution in [-0.4, -0.2) is 49.2 Å². The number of alkyl halides is 3. The van der Waals surface area contributed by atoms with E-state index in [1.165, 1.54) is 25.2 Å². The van der Waals surface area contributed by atoms with Crippen molar-refractivity contribution < 1.29 is 37.3 Å². The standard InChI is InChI=1S/C20H22F3NO5/c1-4-5-10-29-14-8-7-13-12(17(14)19(27)24(2)11-16(25)26)6-9-15(28-3)18(13)20(21,22)23/h6-9H,4-5,10-11H2,1-3H3,(H,25,26). The zero-order valence-corrected chi connectivity index (χ0v) is 16.3. The van der Waals surface area contributed by atoms with E-state index < -0.39 is 30.2 Å². The van der Waals surface area contributed by atoms with Crippen LogP contribution in [0.3, 0.4) is 0 Å². The van der Waals surface area contributed by atoms with Crippen molar-refractivity contribution >= 4 is 22.6 Å². The van der Waals surface area contributed by atoms with Crippen LogP contribution in [0, 0.1) is 0 Å². The van der Waals surface area contributed by atoms with Crippen molar-refractivity contribution in [1.82, 2.24) is 4.90 Å². The SMILES string of the molecule is CCCCOc1ccc2c(C(F)(F)F)c(OC)ccc2c1C(=O)N(C)CC(=O)O. The highest BCUT2D eigenvalue weighted by molar-refractivity contribution is 6.11. The lowest BCUT2D eigenvalue weighted by molar-refractivity contribution is -0.138. The molecule has 0 unspecified atom stereocenters. The maximum absolute atomic E-state index is 13.7. The molecule has 1 amide bonds. The Morgan fingerprint density at radius 1 is 1.10 bits per heavy atom. The number of unbranched alkanes of at least 4 members (excludes halogenated alkanes) is 1. The third-order valence-corrected chi connectivity index (χ3v) is 4.32. The third-order valence-electron chi connectivity index (χ3n) is 4.32. The summed E-state index contributed by atoms with van der Waals surface area (Å²) in [5.41, 5.74) is -1.12. The lowest BCUT2D eigenvalue weighted by Gasteiger charge is -2.21. The van der Waals surface area contributed by atoms with E-state index >= 15 is 0 Å². The summed E-state index contributed by atoms with van der Waals surface area (Å²) in [4.78, 5) is 24.8. The monoisotopic (exact) mass is 413 g/mol. The van der Waals surface area contributed by atoms with Gasteiger partial charge in [-0.1, -0.05) is 13.3 Å². The number of carboxylic acid groups (broad SMARTS) is 1. The highest BCUT2D eigenvalue weighted by atomic mass is 19.4. The van der Waals surface area contributed by atoms with Gasteiger partial charge in [0.1, 0.15) is 23.6 Å². The molecular weight excluding hydrogens is 391 g/mol. The highest BCUT2D eigenvalue weighted by Crippen LogP contribution is 2.43. The molecule has 0 radical (unpaired) electrons. The minimum absolute atomic E-state index is 0.00867. The summed E-state index contributed by atoms with van der Waals surface area (Å²) in [6.45, 7) is 1.61. The number of carbonyl (C=O) groups is 2. The number of carbonyl (C=O) groups excluding carboxylic acids is 1. The number of likely N-dealkylation sites (N-methyl/N-ethyl adjacent to an activating group) is 1. The molecule has 2 rings (SSSR count). The Morgan fingerprint density at radius 3 is 2.28 bits per heavy atom. The Kier molecular flexibility index (Phi) is 6.94. The minimum atomic E-state index is -4.72. The van der Waals surface area contributed by atoms with Gasteiger partial charge in [0.25, 0.3) is 5.91 Å². The van der Waals surface area contributed by atoms with E-state index in [-0.39, 0.29) is 34.4 Å². The summed E-state index contributed by atoms with van der Waals surface area (Å²) in [5, 5.41) is 8.74. The van der Waals surface area contributed by atoms with Gasteiger partial charge in [-0.3, -0.25) is 9.59 Å². The fraction of sp³-hybridized carbons (Fsp3) is 0.400. The Labute approximate surface area is 165 Å². The molecule has 0 fully saturated rings. The van der Waals surface area contributed by atoms with Gasteiger partial charge in [0.2, 0.25) is 0 Å². The van der Waals surface area contributed by atoms with E-state index in [0.717, 1.165) is 24.5 Å². The summed E-state index contributed by atoms with van der Waals surface area (Å²) < 4.78 is 51.6. The Bertz CT molecular complexity index is 911. The molecule has 0 atom stereocenters. The highest BCUT2D eigenvalue weighted by Gasteiger charge is 2.37. The number of amides is 1. The molecule has 0 aliphatic carbocycles. The van der Waals surface area contributed by atoms with Crippen molar-refractivity contribution in [3.63, 3.8) is 0 Å². The van der Waals surface area contributed by atoms with Gasteiger partial charge in [-0.15, -0.1) is 0 Å². The van der Waals surface area contributed by atoms with Gasteiger partial charge in [-0.2, -0.15) is 13.2 Å². The predicted octanol–water partition coefficient (Wildman–Crippen LogP) is 4.20. The predicted molar refractivity (Wildman–Crippen MR) is 101 cm³/mol. The molecule has 158 valence electrons. The fourth-order valence-corrected chi connectivity index (χ4v) is 2.96. The molecule has 29 heavy (non-hydrogen) atoms. The Balaban J connectivity index is 2.75. The van der Waals surface area contributed by atoms with Crippen LogP contribution in [0.5, 0.6) is 11.5 Å². The molecule has 0 spiro atoms. The lowest BCUT2D eigenvalue weighted by Crippen LogP contribution is -2.32. The van der Waals surface area contributed by atoms with Gasteiger partial charge in [0.15, 0.2) is 0 Å². The first-order valence-electron chi connectivity index (χ1n) is 8.92. The quantitative estimate of drug-likeness (QED) is 0.657. The van der Waals surface area contributed by atoms with Crippen LogP contribution in [0.4, 0.5) is 13.2 Å². The van der Waals surface area contributed by atoms with E-state index in [2.05, 4.69) is 0 Å². The molecule has 0 aromatic heterocycles. The van der Waals surface area contributed by atoms with Crippen molar-refractivity contribution in [3.8, 4) is 11.5 Å². The number of nitrogens with zero attached hydrogens (tertiary/aromatic N) is 1. The Hall–Kier alpha value is -2.97. The average Bonchev–Trinajstić information content (AvgIpc) is 2.64. The second kappa shape index (κ2) is 9.02. The van der Waals surface area contributed by atoms with Crippen molar-refractivity contribution in [1.29, 1.82) is 0 Å². The largest absolute Gasteiger partial charge is 0.496 e. The van der Waals surface area contributed by atoms with Gasteiger partial charge in [0, 0.05) is 7.05 Å². The number of hydrogen-bond acceptors (Lipinski definition) is 4. The normalized spacial score (nSPS) is 11.4. The summed E-state index contributed by atoms with van der Waals surface area (Å²) in [5.74, 6) is -2.26. The van der Waals surface area contributed by atoms with Gasteiger partial charge in [-0.05, 0) is 41.5 Å². The second-order valence-electron chi connectivity index (χ2n) is 6.43. The lowest BCUT2D eigenvalue weighted by atomic mass is 9.97. The van der Waals surface area contributed by atoms with E-state index in [0.29, 0.717) is 6.42 Å². The molecule has 1 N–H and O–H groups in total. The summed E-state index contributed by atoms with van der Waals surface area (Å²) in [6.07, 6.45) is -3.21. The topological polar surface area (TPSA) is 76.1 Å². The molecule has 0 aliphatic heterocycles. The zero-order valence-electron chi connectivity index (χ0n) is 16.3. The first-order chi connectivity index (χ1) is 13.6. The summed E-state index contributed by atoms with van der Waals surface area (Å²) >= 11 is 0. The van der Waals surface area contributed by atoms with Gasteiger partial charge in [0.05, 0.1) is 19.3 Å². The van der Waals surface area contributed by atoms with Crippen LogP contribution >= 0.6 is 0 Å². The zero-order chi connectivity index (χ0) is 21.8. The van der Waals surface area contributed by atoms with Crippen LogP contribution < -0.4 is 9.47 Å². The van der Waals surface area contributed by atoms with Crippen molar-refractivity contribution in [3.05, 3.63) is 35.4 Å². The molecule has 0 saturated carbocycles. The summed E-state index contributed by atoms with van der Waals surface area (Å²) in [6, 6.07) is 5.01. The van der Waals surface area contributed by atoms with Crippen LogP contribution in [0.1, 0.15) is 35.7 Å². The number of hydrogen-bond donors (Lipinski definition) is 1. The average molecular weight is 413 g/mol. The van der Waals surface area contributed by atoms with Crippen molar-refractivity contribution in [2.45, 2.75) is 25.9 Å². The first-order valence-corrected chi connectivity index (χ1v) is 8.92. The van der Waals surface area contributed by atoms with Crippen LogP contribution in [-0.2, 0) is 11.0 Å². The molecule has 9 heteroatoms. The second-order valence-corrected chi connectivity index (χ2v) is 6.43. The van der Waals surface area contributed by atoms with Crippen LogP contribution in [0.25, 0.3) is 10.8 Å². The minimum Gasteiger partial charge on any atom is -0.496 e. The van der Waals surface area contributed by atoms with Gasteiger partial charge >= 0.3 is 12.1 Å². The number of halogens is 3. The number of benzene rings is 2.